The second kappa shape index (κ2) is 6.09. The Morgan fingerprint density at radius 3 is 2.71 bits per heavy atom. The second-order valence-corrected chi connectivity index (χ2v) is 5.41. The molecule has 0 aliphatic carbocycles. The van der Waals surface area contributed by atoms with E-state index in [4.69, 9.17) is 0 Å². The molecule has 110 valence electrons. The first kappa shape index (κ1) is 15.2. The predicted octanol–water partition coefficient (Wildman–Crippen LogP) is 4.38. The third-order valence-corrected chi connectivity index (χ3v) is 3.47. The van der Waals surface area contributed by atoms with Gasteiger partial charge < -0.3 is 10.4 Å². The molecule has 0 aliphatic rings. The van der Waals surface area contributed by atoms with Gasteiger partial charge in [0.1, 0.15) is 17.3 Å². The third kappa shape index (κ3) is 3.49. The van der Waals surface area contributed by atoms with Gasteiger partial charge in [-0.3, -0.25) is 10.1 Å². The Kier molecular flexibility index (Phi) is 4.42. The highest BCUT2D eigenvalue weighted by Crippen LogP contribution is 2.32. The van der Waals surface area contributed by atoms with Gasteiger partial charge >= 0.3 is 0 Å². The Bertz CT molecular complexity index is 694. The zero-order valence-electron chi connectivity index (χ0n) is 11.0. The lowest BCUT2D eigenvalue weighted by Crippen LogP contribution is -2.10. The number of halogens is 2. The molecule has 5 nitrogen and oxygen atoms in total. The first-order valence-corrected chi connectivity index (χ1v) is 6.86. The maximum atomic E-state index is 13.8. The summed E-state index contributed by atoms with van der Waals surface area (Å²) in [6, 6.07) is 7.80. The van der Waals surface area contributed by atoms with Crippen LogP contribution in [-0.2, 0) is 0 Å². The lowest BCUT2D eigenvalue weighted by Gasteiger charge is -2.17. The number of nitro groups is 1. The molecule has 0 spiro atoms. The number of nitrogens with zero attached hydrogens (tertiary/aromatic N) is 1. The minimum atomic E-state index is -0.605. The molecule has 2 N–H and O–H groups in total. The summed E-state index contributed by atoms with van der Waals surface area (Å²) < 4.78 is 14.5. The van der Waals surface area contributed by atoms with E-state index in [1.54, 1.807) is 19.1 Å². The molecule has 2 aromatic carbocycles. The van der Waals surface area contributed by atoms with Crippen molar-refractivity contribution in [3.63, 3.8) is 0 Å². The monoisotopic (exact) mass is 354 g/mol. The predicted molar refractivity (Wildman–Crippen MR) is 80.9 cm³/mol. The van der Waals surface area contributed by atoms with Crippen LogP contribution in [0.1, 0.15) is 18.5 Å². The highest BCUT2D eigenvalue weighted by molar-refractivity contribution is 9.10. The van der Waals surface area contributed by atoms with Crippen LogP contribution in [0.3, 0.4) is 0 Å². The maximum Gasteiger partial charge on any atom is 0.296 e. The number of nitro benzene ring substituents is 1. The molecular formula is C14H12BrFN2O3. The van der Waals surface area contributed by atoms with E-state index in [-0.39, 0.29) is 17.1 Å². The molecule has 0 saturated carbocycles. The van der Waals surface area contributed by atoms with Crippen LogP contribution in [0.5, 0.6) is 5.75 Å². The summed E-state index contributed by atoms with van der Waals surface area (Å²) in [5.41, 5.74) is 0.327. The number of rotatable bonds is 4. The highest BCUT2D eigenvalue weighted by Gasteiger charge is 2.18. The fourth-order valence-electron chi connectivity index (χ4n) is 1.95. The average molecular weight is 355 g/mol. The zero-order valence-corrected chi connectivity index (χ0v) is 12.6. The molecule has 7 heteroatoms. The first-order chi connectivity index (χ1) is 9.88. The molecule has 0 fully saturated rings. The summed E-state index contributed by atoms with van der Waals surface area (Å²) >= 11 is 3.26. The lowest BCUT2D eigenvalue weighted by atomic mass is 10.1. The number of benzene rings is 2. The van der Waals surface area contributed by atoms with Crippen molar-refractivity contribution in [3.05, 3.63) is 62.4 Å². The Labute approximate surface area is 128 Å². The summed E-state index contributed by atoms with van der Waals surface area (Å²) in [6.07, 6.45) is 0. The maximum absolute atomic E-state index is 13.8. The van der Waals surface area contributed by atoms with Crippen molar-refractivity contribution < 1.29 is 14.4 Å². The van der Waals surface area contributed by atoms with E-state index in [0.29, 0.717) is 10.0 Å². The van der Waals surface area contributed by atoms with Crippen LogP contribution in [-0.4, -0.2) is 10.0 Å². The van der Waals surface area contributed by atoms with Gasteiger partial charge in [0.25, 0.3) is 5.69 Å². The molecular weight excluding hydrogens is 343 g/mol. The van der Waals surface area contributed by atoms with E-state index in [1.807, 2.05) is 0 Å². The van der Waals surface area contributed by atoms with Crippen LogP contribution >= 0.6 is 15.9 Å². The van der Waals surface area contributed by atoms with E-state index in [1.165, 1.54) is 18.2 Å². The summed E-state index contributed by atoms with van der Waals surface area (Å²) in [5, 5.41) is 23.2. The number of hydrogen-bond donors (Lipinski definition) is 2. The van der Waals surface area contributed by atoms with E-state index < -0.39 is 16.8 Å². The molecule has 0 saturated heterocycles. The van der Waals surface area contributed by atoms with E-state index in [0.717, 1.165) is 6.07 Å². The minimum absolute atomic E-state index is 0.200. The van der Waals surface area contributed by atoms with Crippen LogP contribution in [0.25, 0.3) is 0 Å². The van der Waals surface area contributed by atoms with Gasteiger partial charge in [-0.15, -0.1) is 0 Å². The number of anilines is 1. The van der Waals surface area contributed by atoms with Crippen LogP contribution in [0.2, 0.25) is 0 Å². The SMILES string of the molecule is CC(Nc1ccc(O)cc1[N+](=O)[O-])c1cc(Br)ccc1F. The molecule has 1 atom stereocenters. The van der Waals surface area contributed by atoms with Crippen LogP contribution < -0.4 is 5.32 Å². The molecule has 2 rings (SSSR count). The smallest absolute Gasteiger partial charge is 0.296 e. The molecule has 0 radical (unpaired) electrons. The van der Waals surface area contributed by atoms with Gasteiger partial charge in [0.15, 0.2) is 0 Å². The molecule has 0 amide bonds. The summed E-state index contributed by atoms with van der Waals surface area (Å²) in [5.74, 6) is -0.604. The normalized spacial score (nSPS) is 12.0. The topological polar surface area (TPSA) is 75.4 Å². The summed E-state index contributed by atoms with van der Waals surface area (Å²) in [4.78, 5) is 10.4. The van der Waals surface area contributed by atoms with E-state index in [2.05, 4.69) is 21.2 Å². The number of hydrogen-bond acceptors (Lipinski definition) is 4. The fourth-order valence-corrected chi connectivity index (χ4v) is 2.33. The van der Waals surface area contributed by atoms with Gasteiger partial charge in [0.2, 0.25) is 0 Å². The van der Waals surface area contributed by atoms with Crippen molar-refractivity contribution in [3.8, 4) is 5.75 Å². The van der Waals surface area contributed by atoms with Gasteiger partial charge in [-0.1, -0.05) is 15.9 Å². The molecule has 1 unspecified atom stereocenters. The molecule has 2 aromatic rings. The van der Waals surface area contributed by atoms with Crippen LogP contribution in [0.4, 0.5) is 15.8 Å². The van der Waals surface area contributed by atoms with E-state index in [9.17, 15) is 19.6 Å². The van der Waals surface area contributed by atoms with Gasteiger partial charge in [0.05, 0.1) is 17.0 Å². The van der Waals surface area contributed by atoms with Crippen molar-refractivity contribution in [2.75, 3.05) is 5.32 Å². The van der Waals surface area contributed by atoms with Gasteiger partial charge in [-0.25, -0.2) is 4.39 Å². The Morgan fingerprint density at radius 1 is 1.33 bits per heavy atom. The van der Waals surface area contributed by atoms with Crippen molar-refractivity contribution in [1.82, 2.24) is 0 Å². The van der Waals surface area contributed by atoms with Crippen LogP contribution in [0, 0.1) is 15.9 Å². The average Bonchev–Trinajstić information content (AvgIpc) is 2.43. The molecule has 0 aliphatic heterocycles. The Hall–Kier alpha value is -2.15. The third-order valence-electron chi connectivity index (χ3n) is 2.97. The number of nitrogens with one attached hydrogen (secondary N) is 1. The molecule has 0 bridgehead atoms. The van der Waals surface area contributed by atoms with Crippen molar-refractivity contribution in [1.29, 1.82) is 0 Å². The molecule has 0 aromatic heterocycles. The first-order valence-electron chi connectivity index (χ1n) is 6.07. The summed E-state index contributed by atoms with van der Waals surface area (Å²) in [7, 11) is 0. The fraction of sp³-hybridized carbons (Fsp3) is 0.143. The van der Waals surface area contributed by atoms with Crippen molar-refractivity contribution in [2.24, 2.45) is 0 Å². The van der Waals surface area contributed by atoms with Crippen molar-refractivity contribution >= 4 is 27.3 Å². The quantitative estimate of drug-likeness (QED) is 0.485. The number of phenolic OH excluding ortho intramolecular Hbond substituents is 1. The van der Waals surface area contributed by atoms with Gasteiger partial charge in [-0.05, 0) is 37.3 Å². The number of aromatic hydroxyl groups is 1. The van der Waals surface area contributed by atoms with Gasteiger partial charge in [0, 0.05) is 10.0 Å². The Balaban J connectivity index is 2.33. The lowest BCUT2D eigenvalue weighted by molar-refractivity contribution is -0.384. The standard InChI is InChI=1S/C14H12BrFN2O3/c1-8(11-6-9(15)2-4-12(11)16)17-13-5-3-10(19)7-14(13)18(20)21/h2-8,17,19H,1H3. The minimum Gasteiger partial charge on any atom is -0.508 e. The zero-order chi connectivity index (χ0) is 15.6. The molecule has 21 heavy (non-hydrogen) atoms. The largest absolute Gasteiger partial charge is 0.508 e. The summed E-state index contributed by atoms with van der Waals surface area (Å²) in [6.45, 7) is 1.70. The van der Waals surface area contributed by atoms with Crippen LogP contribution in [0.15, 0.2) is 40.9 Å². The highest BCUT2D eigenvalue weighted by atomic mass is 79.9. The Morgan fingerprint density at radius 2 is 2.05 bits per heavy atom. The van der Waals surface area contributed by atoms with Gasteiger partial charge in [-0.2, -0.15) is 0 Å². The van der Waals surface area contributed by atoms with E-state index >= 15 is 0 Å². The second-order valence-electron chi connectivity index (χ2n) is 4.49. The number of phenols is 1. The van der Waals surface area contributed by atoms with Crippen molar-refractivity contribution in [2.45, 2.75) is 13.0 Å². The molecule has 0 heterocycles.